The van der Waals surface area contributed by atoms with E-state index >= 15 is 0 Å². The first-order valence-electron chi connectivity index (χ1n) is 16.1. The van der Waals surface area contributed by atoms with E-state index in [4.69, 9.17) is 32.4 Å². The minimum atomic E-state index is -1.47. The summed E-state index contributed by atoms with van der Waals surface area (Å²) in [6.45, 7) is 7.62. The molecule has 2 unspecified atom stereocenters. The highest BCUT2D eigenvalue weighted by molar-refractivity contribution is 6.38. The van der Waals surface area contributed by atoms with Gasteiger partial charge in [0.1, 0.15) is 24.2 Å². The van der Waals surface area contributed by atoms with Gasteiger partial charge in [0.15, 0.2) is 0 Å². The number of amides is 3. The number of nitrogens with one attached hydrogen (secondary N) is 5. The fourth-order valence-electron chi connectivity index (χ4n) is 6.07. The molecule has 14 heteroatoms. The molecule has 0 saturated heterocycles. The van der Waals surface area contributed by atoms with Crippen LogP contribution in [0.1, 0.15) is 75.7 Å². The third kappa shape index (κ3) is 7.55. The molecule has 1 aliphatic carbocycles. The molecule has 0 radical (unpaired) electrons. The predicted octanol–water partition coefficient (Wildman–Crippen LogP) is 5.74. The molecule has 256 valence electrons. The zero-order valence-corrected chi connectivity index (χ0v) is 28.8. The highest BCUT2D eigenvalue weighted by Crippen LogP contribution is 2.39. The Morgan fingerprint density at radius 2 is 1.79 bits per heavy atom. The molecular formula is C34H40Cl2N6O6. The van der Waals surface area contributed by atoms with Crippen LogP contribution in [0.25, 0.3) is 10.9 Å². The van der Waals surface area contributed by atoms with Gasteiger partial charge in [-0.05, 0) is 47.9 Å². The van der Waals surface area contributed by atoms with Crippen LogP contribution in [0.3, 0.4) is 0 Å². The highest BCUT2D eigenvalue weighted by atomic mass is 35.5. The second kappa shape index (κ2) is 14.9. The van der Waals surface area contributed by atoms with Crippen molar-refractivity contribution in [3.8, 4) is 0 Å². The topological polar surface area (TPSA) is 171 Å². The Kier molecular flexibility index (Phi) is 10.8. The Morgan fingerprint density at radius 1 is 1.06 bits per heavy atom. The lowest BCUT2D eigenvalue weighted by Crippen LogP contribution is -2.65. The average Bonchev–Trinajstić information content (AvgIpc) is 3.67. The first kappa shape index (κ1) is 35.0. The number of rotatable bonds is 12. The number of ether oxygens (including phenoxy) is 1. The number of hydrogen-bond donors (Lipinski definition) is 5. The number of fused-ring (bicyclic) bond motifs is 3. The smallest absolute Gasteiger partial charge is 0.434 e. The van der Waals surface area contributed by atoms with E-state index < -0.39 is 41.3 Å². The first-order valence-corrected chi connectivity index (χ1v) is 16.8. The van der Waals surface area contributed by atoms with E-state index in [1.807, 2.05) is 58.0 Å². The van der Waals surface area contributed by atoms with Crippen molar-refractivity contribution in [3.63, 3.8) is 0 Å². The number of benzene rings is 2. The number of H-pyrrole nitrogens is 2. The van der Waals surface area contributed by atoms with Crippen LogP contribution >= 0.6 is 23.2 Å². The second-order valence-electron chi connectivity index (χ2n) is 12.5. The van der Waals surface area contributed by atoms with Gasteiger partial charge >= 0.3 is 11.8 Å². The predicted molar refractivity (Wildman–Crippen MR) is 182 cm³/mol. The molecule has 0 saturated carbocycles. The summed E-state index contributed by atoms with van der Waals surface area (Å²) in [5, 5.41) is 16.7. The maximum absolute atomic E-state index is 14.6. The van der Waals surface area contributed by atoms with Crippen molar-refractivity contribution in [2.24, 2.45) is 11.8 Å². The Morgan fingerprint density at radius 3 is 2.46 bits per heavy atom. The molecule has 3 amide bonds. The van der Waals surface area contributed by atoms with Gasteiger partial charge in [-0.25, -0.2) is 14.7 Å². The molecule has 2 aromatic carbocycles. The molecule has 1 aliphatic rings. The monoisotopic (exact) mass is 698 g/mol. The molecule has 2 aromatic heterocycles. The third-order valence-corrected chi connectivity index (χ3v) is 9.82. The molecule has 0 aliphatic heterocycles. The second-order valence-corrected chi connectivity index (χ2v) is 13.3. The summed E-state index contributed by atoms with van der Waals surface area (Å²) in [4.78, 5) is 56.9. The van der Waals surface area contributed by atoms with Crippen LogP contribution in [0.15, 0.2) is 51.7 Å². The summed E-state index contributed by atoms with van der Waals surface area (Å²) < 4.78 is 10.7. The lowest BCUT2D eigenvalue weighted by atomic mass is 9.78. The minimum absolute atomic E-state index is 0.0304. The van der Waals surface area contributed by atoms with E-state index in [1.165, 1.54) is 0 Å². The van der Waals surface area contributed by atoms with Crippen LogP contribution < -0.4 is 21.7 Å². The number of hydrogen-bond acceptors (Lipinski definition) is 7. The summed E-state index contributed by atoms with van der Waals surface area (Å²) in [6.07, 6.45) is 1.16. The van der Waals surface area contributed by atoms with Crippen LogP contribution in [-0.4, -0.2) is 44.7 Å². The van der Waals surface area contributed by atoms with Crippen molar-refractivity contribution in [3.05, 3.63) is 85.8 Å². The standard InChI is InChI=1S/C34H40Cl2N6O6/c1-5-18(3)26(39-32(45)47-17-20-10-8-7-9-11-20)29(43)40-34(31(44)38-27(19(4)6-2)30-41-42-33(46)48-30)13-12-25-23(16-34)22-14-21(35)15-24(36)28(22)37-25/h7-11,14-15,18-19,26-27,37H,5-6,12-13,16-17H2,1-4H3,(H,38,44)(H,39,45)(H,40,43)(H,42,46)/t18-,19-,26?,27?,34+/m0/s1. The number of carbonyl (C=O) groups excluding carboxylic acids is 3. The summed E-state index contributed by atoms with van der Waals surface area (Å²) in [7, 11) is 0. The number of aromatic nitrogens is 3. The number of halogens is 2. The number of alkyl carbamates (subject to hydrolysis) is 1. The van der Waals surface area contributed by atoms with Crippen molar-refractivity contribution in [1.82, 2.24) is 31.1 Å². The number of aromatic amines is 2. The summed E-state index contributed by atoms with van der Waals surface area (Å²) >= 11 is 12.9. The van der Waals surface area contributed by atoms with Gasteiger partial charge in [-0.1, -0.05) is 94.1 Å². The molecule has 12 nitrogen and oxygen atoms in total. The largest absolute Gasteiger partial charge is 0.445 e. The molecule has 0 fully saturated rings. The van der Waals surface area contributed by atoms with E-state index in [-0.39, 0.29) is 37.2 Å². The van der Waals surface area contributed by atoms with Gasteiger partial charge in [-0.2, -0.15) is 0 Å². The van der Waals surface area contributed by atoms with Gasteiger partial charge < -0.3 is 30.1 Å². The summed E-state index contributed by atoms with van der Waals surface area (Å²) in [5.41, 5.74) is 1.68. The Balaban J connectivity index is 1.48. The quantitative estimate of drug-likeness (QED) is 0.126. The zero-order chi connectivity index (χ0) is 34.6. The van der Waals surface area contributed by atoms with E-state index in [1.54, 1.807) is 12.1 Å². The molecular weight excluding hydrogens is 659 g/mol. The lowest BCUT2D eigenvalue weighted by molar-refractivity contribution is -0.136. The average molecular weight is 700 g/mol. The molecule has 5 N–H and O–H groups in total. The van der Waals surface area contributed by atoms with Crippen molar-refractivity contribution in [2.45, 2.75) is 84.0 Å². The summed E-state index contributed by atoms with van der Waals surface area (Å²) in [5.74, 6) is -2.22. The molecule has 0 bridgehead atoms. The van der Waals surface area contributed by atoms with Gasteiger partial charge in [0.2, 0.25) is 17.7 Å². The van der Waals surface area contributed by atoms with Gasteiger partial charge in [0.25, 0.3) is 0 Å². The zero-order valence-electron chi connectivity index (χ0n) is 27.2. The lowest BCUT2D eigenvalue weighted by Gasteiger charge is -2.39. The summed E-state index contributed by atoms with van der Waals surface area (Å²) in [6, 6.07) is 10.9. The third-order valence-electron chi connectivity index (χ3n) is 9.30. The van der Waals surface area contributed by atoms with Crippen molar-refractivity contribution < 1.29 is 23.5 Å². The van der Waals surface area contributed by atoms with Crippen molar-refractivity contribution in [1.29, 1.82) is 0 Å². The Bertz CT molecular complexity index is 1840. The SMILES string of the molecule is CC[C@H](C)C(NC(=O)OCc1ccccc1)C(=O)N[C@]1(C(=O)NC(c2n[nH]c(=O)o2)[C@@H](C)CC)CCc2[nH]c3c(Cl)cc(Cl)cc3c2C1. The molecule has 48 heavy (non-hydrogen) atoms. The van der Waals surface area contributed by atoms with Gasteiger partial charge in [0, 0.05) is 22.5 Å². The molecule has 5 atom stereocenters. The van der Waals surface area contributed by atoms with E-state index in [0.29, 0.717) is 34.8 Å². The normalized spacial score (nSPS) is 18.3. The van der Waals surface area contributed by atoms with Crippen LogP contribution in [0.4, 0.5) is 4.79 Å². The van der Waals surface area contributed by atoms with E-state index in [2.05, 4.69) is 31.1 Å². The number of aryl methyl sites for hydroxylation is 1. The Hall–Kier alpha value is -4.29. The maximum atomic E-state index is 14.6. The van der Waals surface area contributed by atoms with Crippen LogP contribution in [0.2, 0.25) is 10.0 Å². The molecule has 4 aromatic rings. The van der Waals surface area contributed by atoms with Crippen LogP contribution in [0.5, 0.6) is 0 Å². The van der Waals surface area contributed by atoms with Crippen LogP contribution in [-0.2, 0) is 33.8 Å². The van der Waals surface area contributed by atoms with E-state index in [9.17, 15) is 19.2 Å². The fourth-order valence-corrected chi connectivity index (χ4v) is 6.61. The minimum Gasteiger partial charge on any atom is -0.445 e. The van der Waals surface area contributed by atoms with Crippen molar-refractivity contribution >= 4 is 52.0 Å². The number of nitrogens with zero attached hydrogens (tertiary/aromatic N) is 1. The molecule has 2 heterocycles. The van der Waals surface area contributed by atoms with E-state index in [0.717, 1.165) is 22.2 Å². The Labute approximate surface area is 287 Å². The highest BCUT2D eigenvalue weighted by Gasteiger charge is 2.47. The van der Waals surface area contributed by atoms with Gasteiger partial charge in [-0.15, -0.1) is 5.10 Å². The first-order chi connectivity index (χ1) is 22.9. The maximum Gasteiger partial charge on any atom is 0.434 e. The molecule has 0 spiro atoms. The van der Waals surface area contributed by atoms with Crippen LogP contribution in [0, 0.1) is 11.8 Å². The van der Waals surface area contributed by atoms with Crippen molar-refractivity contribution in [2.75, 3.05) is 0 Å². The van der Waals surface area contributed by atoms with Gasteiger partial charge in [-0.3, -0.25) is 9.59 Å². The molecule has 5 rings (SSSR count). The fraction of sp³-hybridized carbons (Fsp3) is 0.441. The van der Waals surface area contributed by atoms with Gasteiger partial charge in [0.05, 0.1) is 10.5 Å². The number of carbonyl (C=O) groups is 3.